The molecule has 0 atom stereocenters. The number of phenols is 1. The van der Waals surface area contributed by atoms with Gasteiger partial charge in [0.1, 0.15) is 11.3 Å². The Morgan fingerprint density at radius 3 is 2.60 bits per heavy atom. The summed E-state index contributed by atoms with van der Waals surface area (Å²) < 4.78 is 0. The number of nitrogens with two attached hydrogens (primary N) is 1. The number of aromatic hydroxyl groups is 1. The summed E-state index contributed by atoms with van der Waals surface area (Å²) in [5.41, 5.74) is 6.05. The molecule has 0 aliphatic rings. The fourth-order valence-electron chi connectivity index (χ4n) is 1.56. The number of carbonyl (C=O) groups is 1. The van der Waals surface area contributed by atoms with Crippen LogP contribution in [0.25, 0.3) is 10.8 Å². The highest BCUT2D eigenvalue weighted by Gasteiger charge is 2.13. The monoisotopic (exact) mass is 203 g/mol. The largest absolute Gasteiger partial charge is 0.507 e. The van der Waals surface area contributed by atoms with Gasteiger partial charge in [0.25, 0.3) is 0 Å². The van der Waals surface area contributed by atoms with Crippen LogP contribution < -0.4 is 5.73 Å². The van der Waals surface area contributed by atoms with E-state index in [2.05, 4.69) is 0 Å². The van der Waals surface area contributed by atoms with Crippen molar-refractivity contribution < 1.29 is 15.0 Å². The van der Waals surface area contributed by atoms with Gasteiger partial charge in [-0.1, -0.05) is 12.1 Å². The van der Waals surface area contributed by atoms with Crippen LogP contribution in [0.2, 0.25) is 0 Å². The van der Waals surface area contributed by atoms with Gasteiger partial charge in [0, 0.05) is 11.1 Å². The first kappa shape index (κ1) is 9.33. The molecular formula is C11H9NO3. The van der Waals surface area contributed by atoms with Crippen LogP contribution in [0.15, 0.2) is 30.3 Å². The Morgan fingerprint density at radius 2 is 1.93 bits per heavy atom. The van der Waals surface area contributed by atoms with Gasteiger partial charge in [-0.3, -0.25) is 0 Å². The van der Waals surface area contributed by atoms with Crippen molar-refractivity contribution in [1.82, 2.24) is 0 Å². The van der Waals surface area contributed by atoms with E-state index < -0.39 is 5.97 Å². The quantitative estimate of drug-likeness (QED) is 0.617. The van der Waals surface area contributed by atoms with Crippen LogP contribution in [0.5, 0.6) is 5.75 Å². The topological polar surface area (TPSA) is 83.6 Å². The molecule has 4 heteroatoms. The van der Waals surface area contributed by atoms with Gasteiger partial charge in [-0.25, -0.2) is 4.79 Å². The predicted octanol–water partition coefficient (Wildman–Crippen LogP) is 1.83. The summed E-state index contributed by atoms with van der Waals surface area (Å²) in [6.07, 6.45) is 0. The Labute approximate surface area is 85.6 Å². The molecule has 0 spiro atoms. The number of carboxylic acids is 1. The smallest absolute Gasteiger partial charge is 0.340 e. The maximum Gasteiger partial charge on any atom is 0.340 e. The number of benzene rings is 2. The molecule has 4 nitrogen and oxygen atoms in total. The zero-order valence-corrected chi connectivity index (χ0v) is 7.77. The number of rotatable bonds is 1. The Balaban J connectivity index is 2.88. The highest BCUT2D eigenvalue weighted by molar-refractivity contribution is 6.06. The van der Waals surface area contributed by atoms with Gasteiger partial charge in [-0.05, 0) is 23.6 Å². The number of carboxylic acid groups (broad SMARTS) is 1. The lowest BCUT2D eigenvalue weighted by Gasteiger charge is -2.05. The molecule has 0 radical (unpaired) electrons. The van der Waals surface area contributed by atoms with Crippen molar-refractivity contribution in [1.29, 1.82) is 0 Å². The highest BCUT2D eigenvalue weighted by atomic mass is 16.4. The summed E-state index contributed by atoms with van der Waals surface area (Å²) in [6.45, 7) is 0. The molecular weight excluding hydrogens is 194 g/mol. The first-order valence-corrected chi connectivity index (χ1v) is 4.34. The minimum atomic E-state index is -1.15. The number of aromatic carboxylic acids is 1. The number of nitrogen functional groups attached to an aromatic ring is 1. The fraction of sp³-hybridized carbons (Fsp3) is 0. The third kappa shape index (κ3) is 1.46. The Bertz CT molecular complexity index is 549. The molecule has 0 fully saturated rings. The first-order valence-electron chi connectivity index (χ1n) is 4.34. The second-order valence-corrected chi connectivity index (χ2v) is 3.25. The average molecular weight is 203 g/mol. The second kappa shape index (κ2) is 3.16. The van der Waals surface area contributed by atoms with E-state index in [1.165, 1.54) is 6.07 Å². The lowest BCUT2D eigenvalue weighted by atomic mass is 10.0. The molecule has 2 aromatic rings. The number of hydrogen-bond donors (Lipinski definition) is 3. The number of hydrogen-bond acceptors (Lipinski definition) is 3. The van der Waals surface area contributed by atoms with E-state index in [4.69, 9.17) is 10.8 Å². The van der Waals surface area contributed by atoms with E-state index in [1.54, 1.807) is 24.3 Å². The molecule has 15 heavy (non-hydrogen) atoms. The van der Waals surface area contributed by atoms with Gasteiger partial charge in [-0.15, -0.1) is 0 Å². The molecule has 2 aromatic carbocycles. The van der Waals surface area contributed by atoms with Crippen LogP contribution in [0.3, 0.4) is 0 Å². The van der Waals surface area contributed by atoms with Crippen molar-refractivity contribution >= 4 is 22.4 Å². The Hall–Kier alpha value is -2.23. The molecule has 76 valence electrons. The van der Waals surface area contributed by atoms with E-state index in [1.807, 2.05) is 0 Å². The molecule has 0 saturated heterocycles. The Morgan fingerprint density at radius 1 is 1.20 bits per heavy atom. The van der Waals surface area contributed by atoms with Crippen LogP contribution in [0, 0.1) is 0 Å². The molecule has 0 amide bonds. The van der Waals surface area contributed by atoms with E-state index in [0.717, 1.165) is 0 Å². The molecule has 0 bridgehead atoms. The van der Waals surface area contributed by atoms with Crippen molar-refractivity contribution in [3.05, 3.63) is 35.9 Å². The first-order chi connectivity index (χ1) is 7.09. The molecule has 0 aliphatic heterocycles. The van der Waals surface area contributed by atoms with E-state index in [-0.39, 0.29) is 11.3 Å². The van der Waals surface area contributed by atoms with E-state index in [0.29, 0.717) is 16.5 Å². The fourth-order valence-corrected chi connectivity index (χ4v) is 1.56. The Kier molecular flexibility index (Phi) is 1.97. The molecule has 0 heterocycles. The highest BCUT2D eigenvalue weighted by Crippen LogP contribution is 2.28. The van der Waals surface area contributed by atoms with Crippen molar-refractivity contribution in [3.8, 4) is 5.75 Å². The minimum absolute atomic E-state index is 0.0903. The normalized spacial score (nSPS) is 10.4. The third-order valence-electron chi connectivity index (χ3n) is 2.24. The molecule has 0 unspecified atom stereocenters. The van der Waals surface area contributed by atoms with Gasteiger partial charge in [-0.2, -0.15) is 0 Å². The third-order valence-corrected chi connectivity index (χ3v) is 2.24. The summed E-state index contributed by atoms with van der Waals surface area (Å²) in [7, 11) is 0. The van der Waals surface area contributed by atoms with Crippen molar-refractivity contribution in [3.63, 3.8) is 0 Å². The minimum Gasteiger partial charge on any atom is -0.507 e. The average Bonchev–Trinajstić information content (AvgIpc) is 2.17. The molecule has 4 N–H and O–H groups in total. The number of fused-ring (bicyclic) bond motifs is 1. The maximum absolute atomic E-state index is 10.9. The van der Waals surface area contributed by atoms with Crippen molar-refractivity contribution in [2.24, 2.45) is 0 Å². The van der Waals surface area contributed by atoms with Gasteiger partial charge in [0.05, 0.1) is 0 Å². The van der Waals surface area contributed by atoms with Gasteiger partial charge in [0.2, 0.25) is 0 Å². The van der Waals surface area contributed by atoms with Crippen molar-refractivity contribution in [2.45, 2.75) is 0 Å². The van der Waals surface area contributed by atoms with Crippen LogP contribution in [0.4, 0.5) is 5.69 Å². The lowest BCUT2D eigenvalue weighted by molar-refractivity contribution is 0.0696. The maximum atomic E-state index is 10.9. The molecule has 0 aliphatic carbocycles. The summed E-state index contributed by atoms with van der Waals surface area (Å²) in [5.74, 6) is -1.39. The second-order valence-electron chi connectivity index (χ2n) is 3.25. The van der Waals surface area contributed by atoms with Crippen LogP contribution >= 0.6 is 0 Å². The van der Waals surface area contributed by atoms with Crippen LogP contribution in [-0.2, 0) is 0 Å². The zero-order chi connectivity index (χ0) is 11.0. The molecule has 2 rings (SSSR count). The van der Waals surface area contributed by atoms with Gasteiger partial charge >= 0.3 is 5.97 Å². The van der Waals surface area contributed by atoms with Crippen molar-refractivity contribution in [2.75, 3.05) is 5.73 Å². The van der Waals surface area contributed by atoms with Crippen LogP contribution in [0.1, 0.15) is 10.4 Å². The number of anilines is 1. The van der Waals surface area contributed by atoms with Crippen LogP contribution in [-0.4, -0.2) is 16.2 Å². The predicted molar refractivity (Wildman–Crippen MR) is 57.0 cm³/mol. The lowest BCUT2D eigenvalue weighted by Crippen LogP contribution is -1.98. The summed E-state index contributed by atoms with van der Waals surface area (Å²) in [4.78, 5) is 10.9. The molecule has 0 aromatic heterocycles. The van der Waals surface area contributed by atoms with E-state index >= 15 is 0 Å². The molecule has 0 saturated carbocycles. The van der Waals surface area contributed by atoms with Gasteiger partial charge < -0.3 is 15.9 Å². The summed E-state index contributed by atoms with van der Waals surface area (Å²) >= 11 is 0. The van der Waals surface area contributed by atoms with Gasteiger partial charge in [0.15, 0.2) is 0 Å². The summed E-state index contributed by atoms with van der Waals surface area (Å²) in [5, 5.41) is 19.6. The summed E-state index contributed by atoms with van der Waals surface area (Å²) in [6, 6.07) is 7.85. The standard InChI is InChI=1S/C11H9NO3/c12-7-2-3-8-6(5-7)1-4-9(13)10(8)11(14)15/h1-5,13H,12H2,(H,14,15). The zero-order valence-electron chi connectivity index (χ0n) is 7.77. The van der Waals surface area contributed by atoms with E-state index in [9.17, 15) is 9.90 Å². The SMILES string of the molecule is Nc1ccc2c(C(=O)O)c(O)ccc2c1.